The molecule has 0 bridgehead atoms. The lowest BCUT2D eigenvalue weighted by atomic mass is 10.5. The monoisotopic (exact) mass is 220 g/mol. The van der Waals surface area contributed by atoms with Gasteiger partial charge in [-0.05, 0) is 20.9 Å². The van der Waals surface area contributed by atoms with Crippen molar-refractivity contribution in [2.45, 2.75) is 20.0 Å². The highest BCUT2D eigenvalue weighted by Crippen LogP contribution is 1.99. The lowest BCUT2D eigenvalue weighted by Gasteiger charge is -2.13. The zero-order valence-corrected chi connectivity index (χ0v) is 9.54. The van der Waals surface area contributed by atoms with E-state index in [1.54, 1.807) is 25.8 Å². The van der Waals surface area contributed by atoms with Gasteiger partial charge in [0.05, 0.1) is 24.5 Å². The molecule has 5 nitrogen and oxygen atoms in total. The molecular formula is C8H16N2O3S. The van der Waals surface area contributed by atoms with Crippen LogP contribution in [0.15, 0.2) is 0 Å². The van der Waals surface area contributed by atoms with Gasteiger partial charge in [0.15, 0.2) is 0 Å². The predicted molar refractivity (Wildman–Crippen MR) is 53.1 cm³/mol. The summed E-state index contributed by atoms with van der Waals surface area (Å²) in [4.78, 5) is 1.63. The highest BCUT2D eigenvalue weighted by atomic mass is 32.2. The molecule has 0 radical (unpaired) electrons. The number of rotatable bonds is 6. The van der Waals surface area contributed by atoms with E-state index in [1.165, 1.54) is 0 Å². The molecule has 0 heterocycles. The number of hydrogen-bond donors (Lipinski definition) is 0. The second-order valence-electron chi connectivity index (χ2n) is 3.30. The van der Waals surface area contributed by atoms with E-state index in [-0.39, 0.29) is 18.4 Å². The van der Waals surface area contributed by atoms with E-state index >= 15 is 0 Å². The third-order valence-corrected chi connectivity index (χ3v) is 2.76. The summed E-state index contributed by atoms with van der Waals surface area (Å²) in [7, 11) is -1.76. The Labute approximate surface area is 85.4 Å². The van der Waals surface area contributed by atoms with E-state index in [9.17, 15) is 8.42 Å². The molecule has 0 fully saturated rings. The van der Waals surface area contributed by atoms with Crippen LogP contribution < -0.4 is 0 Å². The van der Waals surface area contributed by atoms with Crippen molar-refractivity contribution in [2.24, 2.45) is 0 Å². The Morgan fingerprint density at radius 3 is 2.50 bits per heavy atom. The van der Waals surface area contributed by atoms with Crippen LogP contribution in [0.3, 0.4) is 0 Å². The van der Waals surface area contributed by atoms with Gasteiger partial charge < -0.3 is 0 Å². The van der Waals surface area contributed by atoms with Crippen LogP contribution in [0.2, 0.25) is 0 Å². The van der Waals surface area contributed by atoms with Crippen LogP contribution in [0, 0.1) is 11.3 Å². The van der Waals surface area contributed by atoms with Crippen LogP contribution >= 0.6 is 0 Å². The summed E-state index contributed by atoms with van der Waals surface area (Å²) in [5.74, 6) is -0.0800. The minimum atomic E-state index is -3.45. The molecular weight excluding hydrogens is 204 g/mol. The van der Waals surface area contributed by atoms with Gasteiger partial charge >= 0.3 is 0 Å². The fraction of sp³-hybridized carbons (Fsp3) is 0.875. The van der Waals surface area contributed by atoms with Crippen LogP contribution in [-0.2, 0) is 14.3 Å². The SMILES string of the molecule is CC(C)OS(=O)(=O)CCN(C)CC#N. The maximum absolute atomic E-state index is 11.2. The second-order valence-corrected chi connectivity index (χ2v) is 5.02. The van der Waals surface area contributed by atoms with Gasteiger partial charge in [0.1, 0.15) is 0 Å². The standard InChI is InChI=1S/C8H16N2O3S/c1-8(2)13-14(11,12)7-6-10(3)5-4-9/h8H,5-7H2,1-3H3. The Hall–Kier alpha value is -0.640. The summed E-state index contributed by atoms with van der Waals surface area (Å²) < 4.78 is 27.2. The quantitative estimate of drug-likeness (QED) is 0.472. The zero-order valence-electron chi connectivity index (χ0n) is 8.73. The van der Waals surface area contributed by atoms with Gasteiger partial charge in [0.2, 0.25) is 0 Å². The highest BCUT2D eigenvalue weighted by Gasteiger charge is 2.14. The molecule has 0 aromatic rings. The molecule has 0 amide bonds. The van der Waals surface area contributed by atoms with E-state index < -0.39 is 10.1 Å². The normalized spacial score (nSPS) is 12.0. The van der Waals surface area contributed by atoms with Crippen LogP contribution in [-0.4, -0.2) is 45.3 Å². The molecule has 0 atom stereocenters. The molecule has 0 unspecified atom stereocenters. The first kappa shape index (κ1) is 13.4. The average molecular weight is 220 g/mol. The van der Waals surface area contributed by atoms with Gasteiger partial charge in [-0.3, -0.25) is 9.08 Å². The molecule has 0 aromatic carbocycles. The summed E-state index contributed by atoms with van der Waals surface area (Å²) in [6, 6.07) is 1.93. The Bertz CT molecular complexity index is 292. The molecule has 0 N–H and O–H groups in total. The maximum Gasteiger partial charge on any atom is 0.268 e. The number of nitriles is 1. The first-order valence-corrected chi connectivity index (χ1v) is 5.91. The van der Waals surface area contributed by atoms with Crippen LogP contribution in [0.5, 0.6) is 0 Å². The molecule has 0 saturated carbocycles. The van der Waals surface area contributed by atoms with Gasteiger partial charge in [-0.25, -0.2) is 0 Å². The minimum absolute atomic E-state index is 0.0800. The van der Waals surface area contributed by atoms with Crippen molar-refractivity contribution in [1.29, 1.82) is 5.26 Å². The molecule has 82 valence electrons. The Morgan fingerprint density at radius 2 is 2.07 bits per heavy atom. The number of hydrogen-bond acceptors (Lipinski definition) is 5. The lowest BCUT2D eigenvalue weighted by Crippen LogP contribution is -2.27. The van der Waals surface area contributed by atoms with Crippen molar-refractivity contribution >= 4 is 10.1 Å². The molecule has 6 heteroatoms. The Morgan fingerprint density at radius 1 is 1.50 bits per heavy atom. The van der Waals surface area contributed by atoms with Gasteiger partial charge in [-0.1, -0.05) is 0 Å². The summed E-state index contributed by atoms with van der Waals surface area (Å²) in [6.07, 6.45) is -0.332. The van der Waals surface area contributed by atoms with Gasteiger partial charge in [-0.2, -0.15) is 13.7 Å². The topological polar surface area (TPSA) is 70.4 Å². The van der Waals surface area contributed by atoms with Gasteiger partial charge in [0.25, 0.3) is 10.1 Å². The van der Waals surface area contributed by atoms with Crippen molar-refractivity contribution < 1.29 is 12.6 Å². The maximum atomic E-state index is 11.2. The van der Waals surface area contributed by atoms with E-state index in [2.05, 4.69) is 0 Å². The molecule has 0 rings (SSSR count). The largest absolute Gasteiger partial charge is 0.293 e. The van der Waals surface area contributed by atoms with Gasteiger partial charge in [-0.15, -0.1) is 0 Å². The van der Waals surface area contributed by atoms with E-state index in [0.29, 0.717) is 6.54 Å². The molecule has 14 heavy (non-hydrogen) atoms. The predicted octanol–water partition coefficient (Wildman–Crippen LogP) is 0.197. The third-order valence-electron chi connectivity index (χ3n) is 1.40. The highest BCUT2D eigenvalue weighted by molar-refractivity contribution is 7.86. The molecule has 0 aromatic heterocycles. The Kier molecular flexibility index (Phi) is 5.69. The van der Waals surface area contributed by atoms with E-state index in [0.717, 1.165) is 0 Å². The Balaban J connectivity index is 3.95. The van der Waals surface area contributed by atoms with Crippen molar-refractivity contribution in [2.75, 3.05) is 25.9 Å². The fourth-order valence-electron chi connectivity index (χ4n) is 0.809. The van der Waals surface area contributed by atoms with Crippen LogP contribution in [0.1, 0.15) is 13.8 Å². The first-order valence-electron chi connectivity index (χ1n) is 4.34. The molecule has 0 saturated heterocycles. The summed E-state index contributed by atoms with van der Waals surface area (Å²) >= 11 is 0. The van der Waals surface area contributed by atoms with Crippen molar-refractivity contribution in [3.63, 3.8) is 0 Å². The number of nitrogens with zero attached hydrogens (tertiary/aromatic N) is 2. The van der Waals surface area contributed by atoms with Crippen LogP contribution in [0.4, 0.5) is 0 Å². The lowest BCUT2D eigenvalue weighted by molar-refractivity contribution is 0.246. The second kappa shape index (κ2) is 5.96. The van der Waals surface area contributed by atoms with E-state index in [4.69, 9.17) is 9.44 Å². The van der Waals surface area contributed by atoms with E-state index in [1.807, 2.05) is 6.07 Å². The zero-order chi connectivity index (χ0) is 11.2. The van der Waals surface area contributed by atoms with Crippen molar-refractivity contribution in [3.8, 4) is 6.07 Å². The summed E-state index contributed by atoms with van der Waals surface area (Å²) in [5.41, 5.74) is 0. The molecule has 0 aliphatic rings. The molecule has 0 aliphatic carbocycles. The van der Waals surface area contributed by atoms with Crippen molar-refractivity contribution in [3.05, 3.63) is 0 Å². The summed E-state index contributed by atoms with van der Waals surface area (Å²) in [5, 5.41) is 8.34. The smallest absolute Gasteiger partial charge is 0.268 e. The van der Waals surface area contributed by atoms with Gasteiger partial charge in [0, 0.05) is 6.54 Å². The molecule has 0 aliphatic heterocycles. The first-order chi connectivity index (χ1) is 6.37. The third kappa shape index (κ3) is 6.83. The minimum Gasteiger partial charge on any atom is -0.293 e. The van der Waals surface area contributed by atoms with Crippen LogP contribution in [0.25, 0.3) is 0 Å². The van der Waals surface area contributed by atoms with Crippen molar-refractivity contribution in [1.82, 2.24) is 4.90 Å². The average Bonchev–Trinajstić information content (AvgIpc) is 1.99. The fourth-order valence-corrected chi connectivity index (χ4v) is 2.03. The molecule has 0 spiro atoms. The summed E-state index contributed by atoms with van der Waals surface area (Å²) in [6.45, 7) is 3.85.